The van der Waals surface area contributed by atoms with Crippen LogP contribution in [0.25, 0.3) is 0 Å². The van der Waals surface area contributed by atoms with Gasteiger partial charge in [-0.15, -0.1) is 9.24 Å². The Kier molecular flexibility index (Phi) is 11.9. The minimum atomic E-state index is 0.723. The zero-order valence-corrected chi connectivity index (χ0v) is 12.3. The molecule has 0 bridgehead atoms. The average Bonchev–Trinajstić information content (AvgIpc) is 2.19. The van der Waals surface area contributed by atoms with E-state index in [1.54, 1.807) is 0 Å². The van der Waals surface area contributed by atoms with Crippen LogP contribution in [0.4, 0.5) is 0 Å². The van der Waals surface area contributed by atoms with Crippen molar-refractivity contribution in [2.45, 2.75) is 79.2 Å². The van der Waals surface area contributed by atoms with Crippen molar-refractivity contribution in [1.82, 2.24) is 4.90 Å². The van der Waals surface area contributed by atoms with Crippen molar-refractivity contribution in [3.05, 3.63) is 0 Å². The van der Waals surface area contributed by atoms with Crippen LogP contribution in [0, 0.1) is 0 Å². The maximum Gasteiger partial charge on any atom is 0.0259 e. The van der Waals surface area contributed by atoms with E-state index in [0.717, 1.165) is 17.9 Å². The third kappa shape index (κ3) is 4.75. The van der Waals surface area contributed by atoms with Gasteiger partial charge in [0.2, 0.25) is 0 Å². The highest BCUT2D eigenvalue weighted by Crippen LogP contribution is 2.33. The van der Waals surface area contributed by atoms with Crippen LogP contribution in [0.1, 0.15) is 61.3 Å². The summed E-state index contributed by atoms with van der Waals surface area (Å²) in [6.45, 7) is 14.8. The molecule has 0 spiro atoms. The molecule has 0 aliphatic carbocycles. The molecular weight excluding hydrogens is 189 g/mol. The second kappa shape index (κ2) is 9.93. The molecule has 3 atom stereocenters. The van der Waals surface area contributed by atoms with Gasteiger partial charge in [-0.2, -0.15) is 0 Å². The van der Waals surface area contributed by atoms with Crippen molar-refractivity contribution in [2.75, 3.05) is 0 Å². The lowest BCUT2D eigenvalue weighted by Gasteiger charge is -2.49. The lowest BCUT2D eigenvalue weighted by Crippen LogP contribution is -2.55. The van der Waals surface area contributed by atoms with E-state index in [1.165, 1.54) is 12.8 Å². The van der Waals surface area contributed by atoms with Gasteiger partial charge in [0.05, 0.1) is 0 Å². The Morgan fingerprint density at radius 1 is 1.21 bits per heavy atom. The van der Waals surface area contributed by atoms with Crippen LogP contribution in [0.2, 0.25) is 0 Å². The Labute approximate surface area is 93.8 Å². The Hall–Kier alpha value is 0.390. The van der Waals surface area contributed by atoms with Gasteiger partial charge in [-0.1, -0.05) is 34.6 Å². The molecule has 1 heterocycles. The number of rotatable bonds is 2. The molecule has 1 aliphatic heterocycles. The summed E-state index contributed by atoms with van der Waals surface area (Å²) in [5.74, 6) is 0.755. The Bertz CT molecular complexity index is 110. The lowest BCUT2D eigenvalue weighted by atomic mass is 9.98. The maximum atomic E-state index is 2.91. The predicted octanol–water partition coefficient (Wildman–Crippen LogP) is 4.13. The summed E-state index contributed by atoms with van der Waals surface area (Å²) >= 11 is 0. The lowest BCUT2D eigenvalue weighted by molar-refractivity contribution is 0.0327. The van der Waals surface area contributed by atoms with Crippen LogP contribution < -0.4 is 0 Å². The maximum absolute atomic E-state index is 2.91. The molecule has 0 radical (unpaired) electrons. The molecule has 1 aliphatic rings. The van der Waals surface area contributed by atoms with Gasteiger partial charge in [0.1, 0.15) is 0 Å². The molecule has 1 nitrogen and oxygen atoms in total. The highest BCUT2D eigenvalue weighted by atomic mass is 31.0. The Morgan fingerprint density at radius 3 is 1.79 bits per heavy atom. The van der Waals surface area contributed by atoms with Crippen LogP contribution in [-0.2, 0) is 0 Å². The monoisotopic (exact) mass is 219 g/mol. The largest absolute Gasteiger partial charge is 0.292 e. The zero-order valence-electron chi connectivity index (χ0n) is 11.2. The van der Waals surface area contributed by atoms with Gasteiger partial charge < -0.3 is 0 Å². The second-order valence-corrected chi connectivity index (χ2v) is 4.18. The van der Waals surface area contributed by atoms with E-state index in [0.29, 0.717) is 0 Å². The second-order valence-electron chi connectivity index (χ2n) is 3.41. The first-order valence-corrected chi connectivity index (χ1v) is 6.86. The van der Waals surface area contributed by atoms with Crippen LogP contribution in [0.3, 0.4) is 0 Å². The molecule has 1 fully saturated rings. The van der Waals surface area contributed by atoms with Crippen LogP contribution >= 0.6 is 9.24 Å². The summed E-state index contributed by atoms with van der Waals surface area (Å²) in [7, 11) is 2.91. The molecule has 2 heteroatoms. The SMILES string of the molecule is CC.CC.CCC1CC(P)N1C(C)C. The molecule has 88 valence electrons. The molecule has 0 saturated carbocycles. The van der Waals surface area contributed by atoms with Crippen LogP contribution in [0.5, 0.6) is 0 Å². The van der Waals surface area contributed by atoms with Gasteiger partial charge in [0, 0.05) is 17.9 Å². The highest BCUT2D eigenvalue weighted by molar-refractivity contribution is 7.17. The first-order chi connectivity index (χ1) is 6.66. The van der Waals surface area contributed by atoms with Gasteiger partial charge in [0.15, 0.2) is 0 Å². The summed E-state index contributed by atoms with van der Waals surface area (Å²) in [5, 5.41) is 0. The van der Waals surface area contributed by atoms with E-state index < -0.39 is 0 Å². The van der Waals surface area contributed by atoms with Gasteiger partial charge in [0.25, 0.3) is 0 Å². The van der Waals surface area contributed by atoms with Gasteiger partial charge in [-0.25, -0.2) is 0 Å². The van der Waals surface area contributed by atoms with Crippen molar-refractivity contribution < 1.29 is 0 Å². The van der Waals surface area contributed by atoms with Gasteiger partial charge in [-0.05, 0) is 26.7 Å². The zero-order chi connectivity index (χ0) is 11.7. The van der Waals surface area contributed by atoms with Crippen molar-refractivity contribution in [3.63, 3.8) is 0 Å². The number of hydrogen-bond donors (Lipinski definition) is 0. The smallest absolute Gasteiger partial charge is 0.0259 e. The minimum Gasteiger partial charge on any atom is -0.292 e. The van der Waals surface area contributed by atoms with Crippen LogP contribution in [-0.4, -0.2) is 22.8 Å². The predicted molar refractivity (Wildman–Crippen MR) is 71.9 cm³/mol. The fraction of sp³-hybridized carbons (Fsp3) is 1.00. The molecule has 1 saturated heterocycles. The fourth-order valence-electron chi connectivity index (χ4n) is 1.84. The van der Waals surface area contributed by atoms with E-state index >= 15 is 0 Å². The van der Waals surface area contributed by atoms with E-state index in [-0.39, 0.29) is 0 Å². The van der Waals surface area contributed by atoms with Crippen molar-refractivity contribution in [3.8, 4) is 0 Å². The van der Waals surface area contributed by atoms with Crippen molar-refractivity contribution in [1.29, 1.82) is 0 Å². The normalized spacial score (nSPS) is 25.5. The molecule has 0 aromatic carbocycles. The third-order valence-electron chi connectivity index (χ3n) is 2.39. The van der Waals surface area contributed by atoms with E-state index in [9.17, 15) is 0 Å². The number of nitrogens with zero attached hydrogens (tertiary/aromatic N) is 1. The number of likely N-dealkylation sites (tertiary alicyclic amines) is 1. The highest BCUT2D eigenvalue weighted by Gasteiger charge is 2.35. The quantitative estimate of drug-likeness (QED) is 0.631. The van der Waals surface area contributed by atoms with Gasteiger partial charge >= 0.3 is 0 Å². The minimum absolute atomic E-state index is 0.723. The summed E-state index contributed by atoms with van der Waals surface area (Å²) in [6, 6.07) is 1.59. The summed E-state index contributed by atoms with van der Waals surface area (Å²) in [6.07, 6.45) is 2.68. The van der Waals surface area contributed by atoms with E-state index in [1.807, 2.05) is 27.7 Å². The Morgan fingerprint density at radius 2 is 1.64 bits per heavy atom. The summed E-state index contributed by atoms with van der Waals surface area (Å²) in [5.41, 5.74) is 0. The topological polar surface area (TPSA) is 3.24 Å². The molecular formula is C12H30NP. The van der Waals surface area contributed by atoms with E-state index in [2.05, 4.69) is 34.9 Å². The Balaban J connectivity index is 0. The molecule has 14 heavy (non-hydrogen) atoms. The molecule has 1 rings (SSSR count). The van der Waals surface area contributed by atoms with E-state index in [4.69, 9.17) is 0 Å². The van der Waals surface area contributed by atoms with Crippen molar-refractivity contribution in [2.24, 2.45) is 0 Å². The molecule has 0 aromatic heterocycles. The van der Waals surface area contributed by atoms with Crippen molar-refractivity contribution >= 4 is 9.24 Å². The third-order valence-corrected chi connectivity index (χ3v) is 3.00. The molecule has 0 aromatic rings. The molecule has 3 unspecified atom stereocenters. The molecule has 0 N–H and O–H groups in total. The standard InChI is InChI=1S/C8H18NP.2C2H6/c1-4-7-5-8(10)9(7)6(2)3;2*1-2/h6-8H,4-5,10H2,1-3H3;2*1-2H3. The summed E-state index contributed by atoms with van der Waals surface area (Å²) in [4.78, 5) is 2.57. The average molecular weight is 219 g/mol. The fourth-order valence-corrected chi connectivity index (χ4v) is 2.74. The molecule has 0 amide bonds. The van der Waals surface area contributed by atoms with Crippen LogP contribution in [0.15, 0.2) is 0 Å². The first kappa shape index (κ1) is 16.8. The van der Waals surface area contributed by atoms with Gasteiger partial charge in [-0.3, -0.25) is 4.90 Å². The summed E-state index contributed by atoms with van der Waals surface area (Å²) < 4.78 is 0. The first-order valence-electron chi connectivity index (χ1n) is 6.19. The number of hydrogen-bond acceptors (Lipinski definition) is 1.